The standard InChI is InChI=1S/C23H22FN3O5S/c1-15(23(28)25-13-16-2-11-21-22(12-16)32-14-31-21)26-18-5-7-19(8-6-18)27-33(29,30)20-9-3-17(24)4-10-20/h2-12,15,26-27H,13-14H2,1H3,(H,25,28). The van der Waals surface area contributed by atoms with Crippen molar-refractivity contribution in [3.05, 3.63) is 78.1 Å². The number of ether oxygens (including phenoxy) is 2. The second-order valence-corrected chi connectivity index (χ2v) is 9.09. The van der Waals surface area contributed by atoms with Gasteiger partial charge < -0.3 is 20.1 Å². The number of anilines is 2. The molecule has 3 N–H and O–H groups in total. The quantitative estimate of drug-likeness (QED) is 0.465. The summed E-state index contributed by atoms with van der Waals surface area (Å²) in [5, 5.41) is 5.93. The minimum absolute atomic E-state index is 0.0427. The van der Waals surface area contributed by atoms with Crippen molar-refractivity contribution in [3.63, 3.8) is 0 Å². The summed E-state index contributed by atoms with van der Waals surface area (Å²) in [5.41, 5.74) is 1.87. The maximum absolute atomic E-state index is 13.0. The van der Waals surface area contributed by atoms with Gasteiger partial charge in [0.15, 0.2) is 11.5 Å². The number of amides is 1. The zero-order valence-electron chi connectivity index (χ0n) is 17.7. The monoisotopic (exact) mass is 471 g/mol. The van der Waals surface area contributed by atoms with E-state index in [1.165, 1.54) is 12.1 Å². The molecule has 3 aromatic rings. The lowest BCUT2D eigenvalue weighted by atomic mass is 10.2. The topological polar surface area (TPSA) is 106 Å². The molecule has 1 atom stereocenters. The summed E-state index contributed by atoms with van der Waals surface area (Å²) in [6.07, 6.45) is 0. The van der Waals surface area contributed by atoms with Gasteiger partial charge in [-0.15, -0.1) is 0 Å². The summed E-state index contributed by atoms with van der Waals surface area (Å²) in [4.78, 5) is 12.4. The van der Waals surface area contributed by atoms with E-state index in [0.29, 0.717) is 29.4 Å². The molecule has 10 heteroatoms. The van der Waals surface area contributed by atoms with E-state index in [0.717, 1.165) is 17.7 Å². The van der Waals surface area contributed by atoms with Gasteiger partial charge in [-0.2, -0.15) is 0 Å². The molecule has 0 spiro atoms. The Labute approximate surface area is 190 Å². The van der Waals surface area contributed by atoms with Crippen molar-refractivity contribution in [1.82, 2.24) is 5.32 Å². The van der Waals surface area contributed by atoms with E-state index < -0.39 is 21.9 Å². The Morgan fingerprint density at radius 2 is 1.64 bits per heavy atom. The number of sulfonamides is 1. The van der Waals surface area contributed by atoms with Gasteiger partial charge in [-0.3, -0.25) is 9.52 Å². The van der Waals surface area contributed by atoms with Crippen LogP contribution in [0.4, 0.5) is 15.8 Å². The van der Waals surface area contributed by atoms with E-state index in [2.05, 4.69) is 15.4 Å². The van der Waals surface area contributed by atoms with Gasteiger partial charge in [-0.25, -0.2) is 12.8 Å². The van der Waals surface area contributed by atoms with Crippen LogP contribution in [0.2, 0.25) is 0 Å². The van der Waals surface area contributed by atoms with Gasteiger partial charge in [0.2, 0.25) is 12.7 Å². The summed E-state index contributed by atoms with van der Waals surface area (Å²) < 4.78 is 50.9. The molecule has 0 radical (unpaired) electrons. The number of fused-ring (bicyclic) bond motifs is 1. The Bertz CT molecular complexity index is 1250. The molecule has 1 unspecified atom stereocenters. The Balaban J connectivity index is 1.30. The zero-order chi connectivity index (χ0) is 23.4. The van der Waals surface area contributed by atoms with Crippen LogP contribution in [0.15, 0.2) is 71.6 Å². The molecule has 1 heterocycles. The molecule has 33 heavy (non-hydrogen) atoms. The lowest BCUT2D eigenvalue weighted by molar-refractivity contribution is -0.121. The van der Waals surface area contributed by atoms with E-state index in [4.69, 9.17) is 9.47 Å². The van der Waals surface area contributed by atoms with Gasteiger partial charge in [-0.05, 0) is 73.2 Å². The Kier molecular flexibility index (Phi) is 6.36. The van der Waals surface area contributed by atoms with Crippen LogP contribution in [-0.4, -0.2) is 27.2 Å². The van der Waals surface area contributed by atoms with E-state index in [1.807, 2.05) is 12.1 Å². The summed E-state index contributed by atoms with van der Waals surface area (Å²) >= 11 is 0. The minimum Gasteiger partial charge on any atom is -0.454 e. The van der Waals surface area contributed by atoms with Crippen LogP contribution in [0.5, 0.6) is 11.5 Å². The van der Waals surface area contributed by atoms with Crippen LogP contribution in [0, 0.1) is 5.82 Å². The molecule has 172 valence electrons. The molecule has 0 aliphatic carbocycles. The van der Waals surface area contributed by atoms with Gasteiger partial charge in [0.05, 0.1) is 4.90 Å². The summed E-state index contributed by atoms with van der Waals surface area (Å²) in [5.74, 6) is 0.624. The normalized spacial score (nSPS) is 13.3. The molecule has 0 bridgehead atoms. The first-order chi connectivity index (χ1) is 15.8. The molecule has 1 amide bonds. The maximum Gasteiger partial charge on any atom is 0.261 e. The number of halogens is 1. The first kappa shape index (κ1) is 22.4. The third-order valence-electron chi connectivity index (χ3n) is 4.94. The van der Waals surface area contributed by atoms with Crippen LogP contribution in [0.3, 0.4) is 0 Å². The number of nitrogens with one attached hydrogen (secondary N) is 3. The second-order valence-electron chi connectivity index (χ2n) is 7.41. The lowest BCUT2D eigenvalue weighted by Gasteiger charge is -2.16. The van der Waals surface area contributed by atoms with Crippen LogP contribution in [0.1, 0.15) is 12.5 Å². The molecule has 3 aromatic carbocycles. The summed E-state index contributed by atoms with van der Waals surface area (Å²) in [7, 11) is -3.84. The fraction of sp³-hybridized carbons (Fsp3) is 0.174. The Morgan fingerprint density at radius 3 is 2.36 bits per heavy atom. The molecule has 1 aliphatic heterocycles. The van der Waals surface area contributed by atoms with Gasteiger partial charge >= 0.3 is 0 Å². The first-order valence-corrected chi connectivity index (χ1v) is 11.6. The van der Waals surface area contributed by atoms with E-state index in [-0.39, 0.29) is 17.6 Å². The van der Waals surface area contributed by atoms with Gasteiger partial charge in [-0.1, -0.05) is 6.07 Å². The Hall–Kier alpha value is -3.79. The van der Waals surface area contributed by atoms with Crippen molar-refractivity contribution >= 4 is 27.3 Å². The zero-order valence-corrected chi connectivity index (χ0v) is 18.5. The maximum atomic E-state index is 13.0. The molecule has 4 rings (SSSR count). The molecule has 0 aromatic heterocycles. The number of carbonyl (C=O) groups excluding carboxylic acids is 1. The van der Waals surface area contributed by atoms with Gasteiger partial charge in [0.25, 0.3) is 10.0 Å². The van der Waals surface area contributed by atoms with Crippen LogP contribution >= 0.6 is 0 Å². The highest BCUT2D eigenvalue weighted by molar-refractivity contribution is 7.92. The van der Waals surface area contributed by atoms with E-state index in [1.54, 1.807) is 37.3 Å². The molecular weight excluding hydrogens is 449 g/mol. The van der Waals surface area contributed by atoms with E-state index in [9.17, 15) is 17.6 Å². The predicted octanol–water partition coefficient (Wildman–Crippen LogP) is 3.47. The number of carbonyl (C=O) groups is 1. The van der Waals surface area contributed by atoms with Crippen molar-refractivity contribution < 1.29 is 27.1 Å². The van der Waals surface area contributed by atoms with E-state index >= 15 is 0 Å². The fourth-order valence-electron chi connectivity index (χ4n) is 3.17. The number of rotatable bonds is 8. The first-order valence-electron chi connectivity index (χ1n) is 10.1. The number of hydrogen-bond donors (Lipinski definition) is 3. The molecule has 0 fully saturated rings. The highest BCUT2D eigenvalue weighted by atomic mass is 32.2. The largest absolute Gasteiger partial charge is 0.454 e. The van der Waals surface area contributed by atoms with Crippen molar-refractivity contribution in [2.45, 2.75) is 24.4 Å². The molecular formula is C23H22FN3O5S. The lowest BCUT2D eigenvalue weighted by Crippen LogP contribution is -2.37. The SMILES string of the molecule is CC(Nc1ccc(NS(=O)(=O)c2ccc(F)cc2)cc1)C(=O)NCc1ccc2c(c1)OCO2. The summed E-state index contributed by atoms with van der Waals surface area (Å²) in [6, 6.07) is 16.0. The van der Waals surface area contributed by atoms with Crippen molar-refractivity contribution in [2.24, 2.45) is 0 Å². The fourth-order valence-corrected chi connectivity index (χ4v) is 4.23. The van der Waals surface area contributed by atoms with Crippen molar-refractivity contribution in [2.75, 3.05) is 16.8 Å². The predicted molar refractivity (Wildman–Crippen MR) is 121 cm³/mol. The minimum atomic E-state index is -3.84. The number of hydrogen-bond acceptors (Lipinski definition) is 6. The average molecular weight is 472 g/mol. The van der Waals surface area contributed by atoms with Crippen LogP contribution in [-0.2, 0) is 21.4 Å². The molecule has 1 aliphatic rings. The van der Waals surface area contributed by atoms with Crippen molar-refractivity contribution in [1.29, 1.82) is 0 Å². The molecule has 0 saturated heterocycles. The highest BCUT2D eigenvalue weighted by Crippen LogP contribution is 2.32. The smallest absolute Gasteiger partial charge is 0.261 e. The molecule has 8 nitrogen and oxygen atoms in total. The number of benzene rings is 3. The van der Waals surface area contributed by atoms with Gasteiger partial charge in [0.1, 0.15) is 11.9 Å². The van der Waals surface area contributed by atoms with Gasteiger partial charge in [0, 0.05) is 17.9 Å². The highest BCUT2D eigenvalue weighted by Gasteiger charge is 2.17. The third kappa shape index (κ3) is 5.53. The van der Waals surface area contributed by atoms with Crippen molar-refractivity contribution in [3.8, 4) is 11.5 Å². The van der Waals surface area contributed by atoms with Crippen LogP contribution in [0.25, 0.3) is 0 Å². The average Bonchev–Trinajstić information content (AvgIpc) is 3.27. The second kappa shape index (κ2) is 9.37. The third-order valence-corrected chi connectivity index (χ3v) is 6.34. The Morgan fingerprint density at radius 1 is 0.970 bits per heavy atom. The van der Waals surface area contributed by atoms with Crippen LogP contribution < -0.4 is 24.8 Å². The molecule has 0 saturated carbocycles. The summed E-state index contributed by atoms with van der Waals surface area (Å²) in [6.45, 7) is 2.25.